The highest BCUT2D eigenvalue weighted by atomic mass is 35.5. The highest BCUT2D eigenvalue weighted by Gasteiger charge is 2.18. The number of halogens is 2. The number of fused-ring (bicyclic) bond motifs is 2. The molecule has 3 N–H and O–H groups in total. The average Bonchev–Trinajstić information content (AvgIpc) is 2.87. The Morgan fingerprint density at radius 3 is 2.11 bits per heavy atom. The molecule has 9 heteroatoms. The molecule has 1 aromatic heterocycles. The van der Waals surface area contributed by atoms with Gasteiger partial charge in [-0.3, -0.25) is 10.2 Å². The summed E-state index contributed by atoms with van der Waals surface area (Å²) in [5, 5.41) is 12.0. The Kier molecular flexibility index (Phi) is 6.41. The summed E-state index contributed by atoms with van der Waals surface area (Å²) in [7, 11) is 0. The van der Waals surface area contributed by atoms with E-state index in [4.69, 9.17) is 23.2 Å². The molecule has 0 aliphatic carbocycles. The van der Waals surface area contributed by atoms with Crippen molar-refractivity contribution in [3.05, 3.63) is 110 Å². The summed E-state index contributed by atoms with van der Waals surface area (Å²) < 4.78 is 0. The van der Waals surface area contributed by atoms with Crippen molar-refractivity contribution < 1.29 is 4.79 Å². The number of rotatable bonds is 5. The van der Waals surface area contributed by atoms with Gasteiger partial charge in [0, 0.05) is 32.7 Å². The van der Waals surface area contributed by atoms with Gasteiger partial charge in [-0.25, -0.2) is 4.79 Å². The average molecular weight is 516 g/mol. The van der Waals surface area contributed by atoms with Gasteiger partial charge in [0.2, 0.25) is 0 Å². The molecule has 5 rings (SSSR count). The molecule has 36 heavy (non-hydrogen) atoms. The Morgan fingerprint density at radius 2 is 1.50 bits per heavy atom. The molecule has 0 fully saturated rings. The molecule has 1 heterocycles. The van der Waals surface area contributed by atoms with E-state index in [2.05, 4.69) is 25.8 Å². The maximum Gasteiger partial charge on any atom is 0.347 e. The maximum absolute atomic E-state index is 13.1. The second kappa shape index (κ2) is 9.81. The number of nitrogens with one attached hydrogen (secondary N) is 3. The normalized spacial score (nSPS) is 11.3. The number of aromatic amines is 1. The monoisotopic (exact) mass is 515 g/mol. The number of aryl methyl sites for hydroxylation is 1. The molecule has 0 unspecified atom stereocenters. The Balaban J connectivity index is 1.53. The number of hydrogen-bond donors (Lipinski definition) is 3. The van der Waals surface area contributed by atoms with Crippen molar-refractivity contribution in [1.29, 1.82) is 0 Å². The molecule has 0 aliphatic heterocycles. The van der Waals surface area contributed by atoms with Gasteiger partial charge >= 0.3 is 5.69 Å². The fraction of sp³-hybridized carbons (Fsp3) is 0.0370. The van der Waals surface area contributed by atoms with Crippen LogP contribution in [0.3, 0.4) is 0 Å². The molecule has 0 saturated heterocycles. The lowest BCUT2D eigenvalue weighted by molar-refractivity contribution is 0.102. The molecule has 0 saturated carbocycles. The van der Waals surface area contributed by atoms with E-state index in [0.29, 0.717) is 21.4 Å². The number of hydrazone groups is 1. The summed E-state index contributed by atoms with van der Waals surface area (Å²) in [6.45, 7) is 1.62. The maximum atomic E-state index is 13.1. The summed E-state index contributed by atoms with van der Waals surface area (Å²) in [4.78, 5) is 31.6. The Labute approximate surface area is 215 Å². The van der Waals surface area contributed by atoms with Crippen molar-refractivity contribution in [3.8, 4) is 0 Å². The zero-order valence-electron chi connectivity index (χ0n) is 19.0. The van der Waals surface area contributed by atoms with Crippen molar-refractivity contribution in [3.63, 3.8) is 0 Å². The van der Waals surface area contributed by atoms with Crippen LogP contribution in [0.2, 0.25) is 10.0 Å². The third-order valence-electron chi connectivity index (χ3n) is 5.72. The number of carbonyl (C=O) groups excluding carboxylic acids is 1. The molecule has 7 nitrogen and oxygen atoms in total. The summed E-state index contributed by atoms with van der Waals surface area (Å²) in [5.74, 6) is -0.430. The molecule has 178 valence electrons. The lowest BCUT2D eigenvalue weighted by Crippen LogP contribution is -2.23. The predicted octanol–water partition coefficient (Wildman–Crippen LogP) is 6.39. The van der Waals surface area contributed by atoms with Gasteiger partial charge < -0.3 is 10.3 Å². The quantitative estimate of drug-likeness (QED) is 0.143. The Morgan fingerprint density at radius 1 is 0.917 bits per heavy atom. The minimum Gasteiger partial charge on any atom is -0.322 e. The number of amides is 1. The van der Waals surface area contributed by atoms with Crippen LogP contribution in [0.1, 0.15) is 21.6 Å². The topological polar surface area (TPSA) is 99.2 Å². The van der Waals surface area contributed by atoms with Crippen molar-refractivity contribution in [1.82, 2.24) is 9.97 Å². The second-order valence-electron chi connectivity index (χ2n) is 8.04. The van der Waals surface area contributed by atoms with E-state index >= 15 is 0 Å². The Bertz CT molecular complexity index is 1660. The molecule has 0 radical (unpaired) electrons. The first-order chi connectivity index (χ1) is 17.4. The molecule has 4 aromatic carbocycles. The van der Waals surface area contributed by atoms with Crippen LogP contribution in [0, 0.1) is 6.92 Å². The molecule has 5 aromatic rings. The largest absolute Gasteiger partial charge is 0.347 e. The minimum absolute atomic E-state index is 0.0292. The molecule has 0 spiro atoms. The molecular weight excluding hydrogens is 497 g/mol. The number of aromatic nitrogens is 2. The first-order valence-corrected chi connectivity index (χ1v) is 11.7. The predicted molar refractivity (Wildman–Crippen MR) is 147 cm³/mol. The lowest BCUT2D eigenvalue weighted by Gasteiger charge is -2.12. The number of hydrogen-bond acceptors (Lipinski definition) is 5. The smallest absolute Gasteiger partial charge is 0.322 e. The van der Waals surface area contributed by atoms with Crippen LogP contribution in [-0.2, 0) is 0 Å². The van der Waals surface area contributed by atoms with Gasteiger partial charge in [0.05, 0.1) is 11.2 Å². The minimum atomic E-state index is -0.601. The zero-order valence-corrected chi connectivity index (χ0v) is 20.5. The van der Waals surface area contributed by atoms with E-state index in [1.807, 2.05) is 48.5 Å². The third-order valence-corrected chi connectivity index (χ3v) is 6.38. The van der Waals surface area contributed by atoms with Crippen LogP contribution in [0.25, 0.3) is 21.5 Å². The fourth-order valence-corrected chi connectivity index (χ4v) is 4.53. The highest BCUT2D eigenvalue weighted by Crippen LogP contribution is 2.35. The first-order valence-electron chi connectivity index (χ1n) is 11.0. The van der Waals surface area contributed by atoms with Crippen LogP contribution in [0.15, 0.2) is 82.7 Å². The third kappa shape index (κ3) is 4.54. The van der Waals surface area contributed by atoms with Crippen LogP contribution in [0.5, 0.6) is 0 Å². The lowest BCUT2D eigenvalue weighted by atomic mass is 9.97. The van der Waals surface area contributed by atoms with Crippen LogP contribution >= 0.6 is 23.2 Å². The van der Waals surface area contributed by atoms with Gasteiger partial charge in [-0.1, -0.05) is 71.7 Å². The number of H-pyrrole nitrogens is 1. The number of benzene rings is 4. The van der Waals surface area contributed by atoms with Gasteiger partial charge in [0.1, 0.15) is 5.56 Å². The van der Waals surface area contributed by atoms with Crippen molar-refractivity contribution in [2.75, 3.05) is 10.7 Å². The summed E-state index contributed by atoms with van der Waals surface area (Å²) >= 11 is 12.6. The molecule has 0 bridgehead atoms. The zero-order chi connectivity index (χ0) is 25.2. The Hall–Kier alpha value is -4.20. The standard InChI is InChI=1S/C27H19Cl2N5O2/c1-15-23(26(35)32-17-12-10-16(28)11-13-17)25(33-27(36)31-15)34-30-14-22-18-6-2-4-8-20(18)24(29)21-9-5-3-7-19(21)22/h2-14H,1H3,(H,32,35)(H2,31,33,34,36)/b30-14+. The van der Waals surface area contributed by atoms with E-state index < -0.39 is 11.6 Å². The number of nitrogens with zero attached hydrogens (tertiary/aromatic N) is 2. The van der Waals surface area contributed by atoms with Crippen molar-refractivity contribution in [2.45, 2.75) is 6.92 Å². The van der Waals surface area contributed by atoms with E-state index in [9.17, 15) is 9.59 Å². The van der Waals surface area contributed by atoms with E-state index in [-0.39, 0.29) is 11.4 Å². The van der Waals surface area contributed by atoms with Crippen molar-refractivity contribution >= 4 is 68.4 Å². The number of carbonyl (C=O) groups is 1. The van der Waals surface area contributed by atoms with Crippen LogP contribution in [-0.4, -0.2) is 22.1 Å². The molecular formula is C27H19Cl2N5O2. The van der Waals surface area contributed by atoms with E-state index in [0.717, 1.165) is 27.1 Å². The van der Waals surface area contributed by atoms with Crippen LogP contribution in [0.4, 0.5) is 11.5 Å². The SMILES string of the molecule is Cc1[nH]c(=O)nc(N/N=C/c2c3ccccc3c(Cl)c3ccccc23)c1C(=O)Nc1ccc(Cl)cc1. The van der Waals surface area contributed by atoms with Crippen molar-refractivity contribution in [2.24, 2.45) is 5.10 Å². The second-order valence-corrected chi connectivity index (χ2v) is 8.85. The summed E-state index contributed by atoms with van der Waals surface area (Å²) in [6.07, 6.45) is 1.64. The summed E-state index contributed by atoms with van der Waals surface area (Å²) in [5.41, 5.74) is 4.08. The molecule has 0 atom stereocenters. The van der Waals surface area contributed by atoms with E-state index in [1.54, 1.807) is 37.4 Å². The summed E-state index contributed by atoms with van der Waals surface area (Å²) in [6, 6.07) is 22.2. The fourth-order valence-electron chi connectivity index (χ4n) is 4.08. The van der Waals surface area contributed by atoms with Crippen LogP contribution < -0.4 is 16.4 Å². The van der Waals surface area contributed by atoms with Gasteiger partial charge in [-0.2, -0.15) is 10.1 Å². The van der Waals surface area contributed by atoms with E-state index in [1.165, 1.54) is 0 Å². The van der Waals surface area contributed by atoms with Gasteiger partial charge in [0.25, 0.3) is 5.91 Å². The first kappa shape index (κ1) is 23.5. The van der Waals surface area contributed by atoms with Gasteiger partial charge in [0.15, 0.2) is 5.82 Å². The number of anilines is 2. The van der Waals surface area contributed by atoms with Gasteiger partial charge in [-0.15, -0.1) is 0 Å². The van der Waals surface area contributed by atoms with Gasteiger partial charge in [-0.05, 0) is 42.0 Å². The highest BCUT2D eigenvalue weighted by molar-refractivity contribution is 6.42. The molecule has 1 amide bonds. The molecule has 0 aliphatic rings.